The number of urea groups is 1. The first-order chi connectivity index (χ1) is 8.84. The Labute approximate surface area is 105 Å². The quantitative estimate of drug-likeness (QED) is 0.572. The van der Waals surface area contributed by atoms with Crippen LogP contribution in [0.5, 0.6) is 0 Å². The number of hydrazone groups is 2. The van der Waals surface area contributed by atoms with Gasteiger partial charge in [-0.15, -0.1) is 0 Å². The van der Waals surface area contributed by atoms with E-state index in [2.05, 4.69) is 21.1 Å². The molecule has 2 N–H and O–H groups in total. The van der Waals surface area contributed by atoms with Gasteiger partial charge in [0, 0.05) is 24.3 Å². The van der Waals surface area contributed by atoms with Crippen molar-refractivity contribution < 1.29 is 4.79 Å². The molecule has 2 aliphatic carbocycles. The molecule has 0 aromatic rings. The van der Waals surface area contributed by atoms with E-state index < -0.39 is 6.03 Å². The van der Waals surface area contributed by atoms with Gasteiger partial charge in [0.05, 0.1) is 0 Å². The van der Waals surface area contributed by atoms with E-state index in [1.54, 1.807) is 12.4 Å². The monoisotopic (exact) mass is 242 g/mol. The summed E-state index contributed by atoms with van der Waals surface area (Å²) in [4.78, 5) is 11.3. The minimum absolute atomic E-state index is 0.155. The molecule has 0 bridgehead atoms. The highest BCUT2D eigenvalue weighted by Crippen LogP contribution is 2.05. The normalized spacial score (nSPS) is 18.7. The molecule has 0 fully saturated rings. The van der Waals surface area contributed by atoms with Crippen LogP contribution in [-0.4, -0.2) is 18.5 Å². The first-order valence-electron chi connectivity index (χ1n) is 5.67. The van der Waals surface area contributed by atoms with Crippen LogP contribution in [0.4, 0.5) is 4.79 Å². The Hall–Kier alpha value is -2.43. The largest absolute Gasteiger partial charge is 0.355 e. The third-order valence-corrected chi connectivity index (χ3v) is 2.38. The van der Waals surface area contributed by atoms with Crippen LogP contribution in [0.1, 0.15) is 0 Å². The van der Waals surface area contributed by atoms with Crippen molar-refractivity contribution in [1.29, 1.82) is 0 Å². The van der Waals surface area contributed by atoms with Gasteiger partial charge in [0.1, 0.15) is 0 Å². The number of carbonyl (C=O) groups is 1. The van der Waals surface area contributed by atoms with Crippen molar-refractivity contribution in [3.05, 3.63) is 48.6 Å². The molecule has 2 rings (SSSR count). The molecule has 0 unspecified atom stereocenters. The lowest BCUT2D eigenvalue weighted by molar-refractivity contribution is 0.242. The van der Waals surface area contributed by atoms with E-state index >= 15 is 0 Å². The van der Waals surface area contributed by atoms with Gasteiger partial charge >= 0.3 is 6.03 Å². The molecule has 0 atom stereocenters. The predicted molar refractivity (Wildman–Crippen MR) is 72.2 cm³/mol. The molecule has 0 radical (unpaired) electrons. The summed E-state index contributed by atoms with van der Waals surface area (Å²) in [5, 5.41) is 7.62. The minimum Gasteiger partial charge on any atom is -0.245 e. The maximum absolute atomic E-state index is 11.3. The van der Waals surface area contributed by atoms with E-state index in [4.69, 9.17) is 0 Å². The number of hydrogen-bond donors (Lipinski definition) is 2. The van der Waals surface area contributed by atoms with Crippen LogP contribution < -0.4 is 10.9 Å². The lowest BCUT2D eigenvalue weighted by Gasteiger charge is -1.99. The van der Waals surface area contributed by atoms with E-state index in [9.17, 15) is 4.79 Å². The van der Waals surface area contributed by atoms with Gasteiger partial charge in [-0.2, -0.15) is 10.2 Å². The third-order valence-electron chi connectivity index (χ3n) is 2.38. The molecule has 0 aromatic heterocycles. The summed E-state index contributed by atoms with van der Waals surface area (Å²) in [5.74, 6) is 0.310. The van der Waals surface area contributed by atoms with E-state index in [1.165, 1.54) is 0 Å². The van der Waals surface area contributed by atoms with E-state index in [0.29, 0.717) is 0 Å². The highest BCUT2D eigenvalue weighted by atomic mass is 16.2. The highest BCUT2D eigenvalue weighted by molar-refractivity contribution is 5.77. The Bertz CT molecular complexity index is 405. The standard InChI is InChI=1S/C13H14N4O/c18-13(16-14-9-11-5-1-2-6-11)17-15-10-12-7-3-4-8-12/h1-12H,(H2,16,17,18)/b14-9+,15-10+. The van der Waals surface area contributed by atoms with Gasteiger partial charge in [0.2, 0.25) is 0 Å². The second kappa shape index (κ2) is 6.34. The summed E-state index contributed by atoms with van der Waals surface area (Å²) >= 11 is 0. The molecule has 0 heterocycles. The van der Waals surface area contributed by atoms with Crippen molar-refractivity contribution in [2.24, 2.45) is 22.0 Å². The summed E-state index contributed by atoms with van der Waals surface area (Å²) in [5.41, 5.74) is 4.67. The Balaban J connectivity index is 1.65. The average molecular weight is 242 g/mol. The number of carbonyl (C=O) groups excluding carboxylic acids is 1. The van der Waals surface area contributed by atoms with Crippen LogP contribution >= 0.6 is 0 Å². The van der Waals surface area contributed by atoms with E-state index in [1.807, 2.05) is 48.6 Å². The molecule has 0 aromatic carbocycles. The predicted octanol–water partition coefficient (Wildman–Crippen LogP) is 1.74. The second-order valence-electron chi connectivity index (χ2n) is 3.80. The van der Waals surface area contributed by atoms with Gasteiger partial charge in [-0.1, -0.05) is 48.6 Å². The van der Waals surface area contributed by atoms with Gasteiger partial charge in [-0.3, -0.25) is 0 Å². The number of rotatable bonds is 4. The molecule has 0 spiro atoms. The lowest BCUT2D eigenvalue weighted by atomic mass is 10.2. The van der Waals surface area contributed by atoms with Gasteiger partial charge in [0.15, 0.2) is 0 Å². The van der Waals surface area contributed by atoms with Gasteiger partial charge in [0.25, 0.3) is 0 Å². The summed E-state index contributed by atoms with van der Waals surface area (Å²) in [6.07, 6.45) is 18.9. The number of nitrogens with zero attached hydrogens (tertiary/aromatic N) is 2. The van der Waals surface area contributed by atoms with Crippen molar-refractivity contribution in [3.63, 3.8) is 0 Å². The molecular formula is C13H14N4O. The summed E-state index contributed by atoms with van der Waals surface area (Å²) in [6, 6.07) is -0.459. The van der Waals surface area contributed by atoms with E-state index in [0.717, 1.165) is 0 Å². The molecule has 18 heavy (non-hydrogen) atoms. The van der Waals surface area contributed by atoms with Crippen LogP contribution in [0.3, 0.4) is 0 Å². The number of nitrogens with one attached hydrogen (secondary N) is 2. The molecule has 0 aliphatic heterocycles. The topological polar surface area (TPSA) is 65.8 Å². The van der Waals surface area contributed by atoms with Gasteiger partial charge < -0.3 is 0 Å². The molecule has 2 aliphatic rings. The SMILES string of the molecule is O=C(N/N=C/C1C=CC=C1)N/N=C/C1C=CC=C1. The van der Waals surface area contributed by atoms with Crippen molar-refractivity contribution >= 4 is 18.5 Å². The molecule has 0 saturated heterocycles. The average Bonchev–Trinajstić information content (AvgIpc) is 3.01. The highest BCUT2D eigenvalue weighted by Gasteiger charge is 2.01. The summed E-state index contributed by atoms with van der Waals surface area (Å²) < 4.78 is 0. The zero-order valence-corrected chi connectivity index (χ0v) is 9.73. The van der Waals surface area contributed by atoms with Crippen molar-refractivity contribution in [3.8, 4) is 0 Å². The van der Waals surface area contributed by atoms with Crippen LogP contribution in [-0.2, 0) is 0 Å². The number of amides is 2. The van der Waals surface area contributed by atoms with Crippen molar-refractivity contribution in [1.82, 2.24) is 10.9 Å². The fraction of sp³-hybridized carbons (Fsp3) is 0.154. The Morgan fingerprint density at radius 1 is 0.833 bits per heavy atom. The third kappa shape index (κ3) is 3.86. The molecule has 5 heteroatoms. The van der Waals surface area contributed by atoms with Crippen LogP contribution in [0.25, 0.3) is 0 Å². The van der Waals surface area contributed by atoms with Crippen LogP contribution in [0, 0.1) is 11.8 Å². The zero-order chi connectivity index (χ0) is 12.6. The fourth-order valence-corrected chi connectivity index (χ4v) is 1.49. The maximum atomic E-state index is 11.3. The second-order valence-corrected chi connectivity index (χ2v) is 3.80. The minimum atomic E-state index is -0.459. The van der Waals surface area contributed by atoms with Gasteiger partial charge in [-0.05, 0) is 0 Å². The molecule has 5 nitrogen and oxygen atoms in total. The number of hydrogen-bond acceptors (Lipinski definition) is 3. The molecular weight excluding hydrogens is 228 g/mol. The van der Waals surface area contributed by atoms with Crippen LogP contribution in [0.2, 0.25) is 0 Å². The lowest BCUT2D eigenvalue weighted by Crippen LogP contribution is -2.28. The van der Waals surface area contributed by atoms with Crippen LogP contribution in [0.15, 0.2) is 58.8 Å². The van der Waals surface area contributed by atoms with Gasteiger partial charge in [-0.25, -0.2) is 15.6 Å². The molecule has 2 amide bonds. The fourth-order valence-electron chi connectivity index (χ4n) is 1.49. The molecule has 92 valence electrons. The Morgan fingerprint density at radius 2 is 1.22 bits per heavy atom. The van der Waals surface area contributed by atoms with E-state index in [-0.39, 0.29) is 11.8 Å². The number of allylic oxidation sites excluding steroid dienone is 8. The summed E-state index contributed by atoms with van der Waals surface area (Å²) in [6.45, 7) is 0. The smallest absolute Gasteiger partial charge is 0.245 e. The zero-order valence-electron chi connectivity index (χ0n) is 9.73. The first-order valence-corrected chi connectivity index (χ1v) is 5.67. The Morgan fingerprint density at radius 3 is 1.61 bits per heavy atom. The van der Waals surface area contributed by atoms with Crippen molar-refractivity contribution in [2.75, 3.05) is 0 Å². The Kier molecular flexibility index (Phi) is 4.24. The van der Waals surface area contributed by atoms with Crippen molar-refractivity contribution in [2.45, 2.75) is 0 Å². The first kappa shape index (κ1) is 12.0. The maximum Gasteiger partial charge on any atom is 0.355 e. The molecule has 0 saturated carbocycles. The summed E-state index contributed by atoms with van der Waals surface area (Å²) in [7, 11) is 0.